The topological polar surface area (TPSA) is 46.0 Å². The van der Waals surface area contributed by atoms with Gasteiger partial charge in [0.1, 0.15) is 5.60 Å². The molecule has 1 atom stereocenters. The summed E-state index contributed by atoms with van der Waals surface area (Å²) in [6.07, 6.45) is 4.66. The van der Waals surface area contributed by atoms with Gasteiger partial charge >= 0.3 is 0 Å². The molecule has 0 saturated carbocycles. The van der Waals surface area contributed by atoms with Crippen LogP contribution < -0.4 is 0 Å². The molecule has 0 aliphatic rings. The molecule has 3 nitrogen and oxygen atoms in total. The first kappa shape index (κ1) is 16.5. The molecule has 4 heteroatoms. The average molecular weight is 303 g/mol. The molecular weight excluding hydrogens is 280 g/mol. The van der Waals surface area contributed by atoms with Crippen LogP contribution in [0, 0.1) is 5.92 Å². The number of aromatic nitrogens is 2. The summed E-state index contributed by atoms with van der Waals surface area (Å²) in [5.41, 5.74) is -0.894. The Morgan fingerprint density at radius 1 is 1.29 bits per heavy atom. The maximum atomic E-state index is 10.4. The summed E-state index contributed by atoms with van der Waals surface area (Å²) in [4.78, 5) is 8.33. The predicted octanol–water partition coefficient (Wildman–Crippen LogP) is 3.91. The Hall–Kier alpha value is -0.480. The van der Waals surface area contributed by atoms with Crippen LogP contribution in [0.3, 0.4) is 0 Å². The minimum Gasteiger partial charge on any atom is -0.382 e. The van der Waals surface area contributed by atoms with E-state index in [1.165, 1.54) is 0 Å². The van der Waals surface area contributed by atoms with Crippen LogP contribution in [-0.2, 0) is 5.60 Å². The Labute approximate surface area is 113 Å². The Morgan fingerprint density at radius 3 is 2.12 bits per heavy atom. The van der Waals surface area contributed by atoms with Crippen LogP contribution in [-0.4, -0.2) is 15.1 Å². The largest absolute Gasteiger partial charge is 0.382 e. The summed E-state index contributed by atoms with van der Waals surface area (Å²) in [6.45, 7) is 10.1. The molecule has 0 aromatic carbocycles. The smallest absolute Gasteiger partial charge is 0.160 e. The van der Waals surface area contributed by atoms with Crippen molar-refractivity contribution >= 4 is 15.9 Å². The van der Waals surface area contributed by atoms with Gasteiger partial charge in [0.2, 0.25) is 0 Å². The van der Waals surface area contributed by atoms with Crippen molar-refractivity contribution in [3.8, 4) is 0 Å². The lowest BCUT2D eigenvalue weighted by Crippen LogP contribution is -2.29. The zero-order valence-electron chi connectivity index (χ0n) is 11.4. The van der Waals surface area contributed by atoms with Gasteiger partial charge in [0, 0.05) is 12.4 Å². The highest BCUT2D eigenvalue weighted by molar-refractivity contribution is 9.10. The Kier molecular flexibility index (Phi) is 7.55. The maximum Gasteiger partial charge on any atom is 0.160 e. The van der Waals surface area contributed by atoms with Crippen molar-refractivity contribution in [3.63, 3.8) is 0 Å². The number of rotatable bonds is 4. The molecule has 17 heavy (non-hydrogen) atoms. The van der Waals surface area contributed by atoms with Gasteiger partial charge in [-0.1, -0.05) is 34.6 Å². The molecule has 1 N–H and O–H groups in total. The molecule has 0 amide bonds. The number of hydrogen-bond donors (Lipinski definition) is 1. The molecule has 1 aromatic heterocycles. The second-order valence-corrected chi connectivity index (χ2v) is 5.12. The zero-order valence-corrected chi connectivity index (χ0v) is 13.0. The monoisotopic (exact) mass is 302 g/mol. The van der Waals surface area contributed by atoms with Gasteiger partial charge in [-0.25, -0.2) is 9.97 Å². The van der Waals surface area contributed by atoms with E-state index in [4.69, 9.17) is 0 Å². The van der Waals surface area contributed by atoms with Crippen molar-refractivity contribution < 1.29 is 5.11 Å². The quantitative estimate of drug-likeness (QED) is 0.917. The number of nitrogens with zero attached hydrogens (tertiary/aromatic N) is 2. The van der Waals surface area contributed by atoms with Gasteiger partial charge in [-0.15, -0.1) is 0 Å². The summed E-state index contributed by atoms with van der Waals surface area (Å²) in [5, 5.41) is 10.4. The summed E-state index contributed by atoms with van der Waals surface area (Å²) in [6, 6.07) is 0. The summed E-state index contributed by atoms with van der Waals surface area (Å²) in [7, 11) is 0. The molecule has 98 valence electrons. The third kappa shape index (κ3) is 5.13. The summed E-state index contributed by atoms with van der Waals surface area (Å²) >= 11 is 3.28. The normalized spacial score (nSPS) is 13.9. The highest BCUT2D eigenvalue weighted by atomic mass is 79.9. The molecule has 0 saturated heterocycles. The standard InChI is InChI=1S/C11H17BrN2O.C2H6/c1-4-11(15,5-8(2)3)10-13-6-9(12)7-14-10;1-2/h6-8,15H,4-5H2,1-3H3;1-2H3. The lowest BCUT2D eigenvalue weighted by Gasteiger charge is -2.26. The van der Waals surface area contributed by atoms with Crippen LogP contribution >= 0.6 is 15.9 Å². The third-order valence-corrected chi connectivity index (χ3v) is 2.78. The molecule has 1 unspecified atom stereocenters. The van der Waals surface area contributed by atoms with Crippen molar-refractivity contribution in [1.29, 1.82) is 0 Å². The molecule has 1 aromatic rings. The number of hydrogen-bond acceptors (Lipinski definition) is 3. The van der Waals surface area contributed by atoms with Crippen LogP contribution in [0.25, 0.3) is 0 Å². The molecule has 0 aliphatic heterocycles. The Morgan fingerprint density at radius 2 is 1.76 bits per heavy atom. The molecule has 0 aliphatic carbocycles. The van der Waals surface area contributed by atoms with Gasteiger partial charge in [-0.3, -0.25) is 0 Å². The molecule has 0 radical (unpaired) electrons. The minimum absolute atomic E-state index is 0.419. The second kappa shape index (κ2) is 7.77. The van der Waals surface area contributed by atoms with E-state index in [2.05, 4.69) is 39.7 Å². The van der Waals surface area contributed by atoms with E-state index in [0.717, 1.165) is 4.47 Å². The fraction of sp³-hybridized carbons (Fsp3) is 0.692. The second-order valence-electron chi connectivity index (χ2n) is 4.21. The van der Waals surface area contributed by atoms with E-state index < -0.39 is 5.60 Å². The van der Waals surface area contributed by atoms with E-state index in [1.54, 1.807) is 12.4 Å². The predicted molar refractivity (Wildman–Crippen MR) is 74.7 cm³/mol. The third-order valence-electron chi connectivity index (χ3n) is 2.37. The fourth-order valence-corrected chi connectivity index (χ4v) is 1.83. The van der Waals surface area contributed by atoms with Gasteiger partial charge in [-0.2, -0.15) is 0 Å². The van der Waals surface area contributed by atoms with Crippen LogP contribution in [0.2, 0.25) is 0 Å². The highest BCUT2D eigenvalue weighted by Gasteiger charge is 2.30. The summed E-state index contributed by atoms with van der Waals surface area (Å²) < 4.78 is 0.828. The van der Waals surface area contributed by atoms with E-state index in [-0.39, 0.29) is 0 Å². The first-order valence-electron chi connectivity index (χ1n) is 6.18. The van der Waals surface area contributed by atoms with Gasteiger partial charge in [-0.05, 0) is 34.7 Å². The number of halogens is 1. The summed E-state index contributed by atoms with van der Waals surface area (Å²) in [5.74, 6) is 0.934. The van der Waals surface area contributed by atoms with Crippen molar-refractivity contribution in [3.05, 3.63) is 22.7 Å². The van der Waals surface area contributed by atoms with Crippen molar-refractivity contribution in [1.82, 2.24) is 9.97 Å². The zero-order chi connectivity index (χ0) is 13.5. The molecule has 0 spiro atoms. The molecule has 1 heterocycles. The average Bonchev–Trinajstić information content (AvgIpc) is 2.31. The molecule has 0 bridgehead atoms. The van der Waals surface area contributed by atoms with Crippen molar-refractivity contribution in [2.45, 2.75) is 53.1 Å². The first-order valence-corrected chi connectivity index (χ1v) is 6.97. The lowest BCUT2D eigenvalue weighted by molar-refractivity contribution is 0.00266. The number of aliphatic hydroxyl groups is 1. The Bertz CT molecular complexity index is 314. The maximum absolute atomic E-state index is 10.4. The van der Waals surface area contributed by atoms with E-state index in [0.29, 0.717) is 24.6 Å². The fourth-order valence-electron chi connectivity index (χ4n) is 1.62. The molecule has 1 rings (SSSR count). The van der Waals surface area contributed by atoms with Crippen LogP contribution in [0.15, 0.2) is 16.9 Å². The van der Waals surface area contributed by atoms with Crippen LogP contribution in [0.1, 0.15) is 53.3 Å². The highest BCUT2D eigenvalue weighted by Crippen LogP contribution is 2.29. The van der Waals surface area contributed by atoms with E-state index >= 15 is 0 Å². The SMILES string of the molecule is CC.CCC(O)(CC(C)C)c1ncc(Br)cn1. The van der Waals surface area contributed by atoms with Crippen molar-refractivity contribution in [2.75, 3.05) is 0 Å². The molecule has 0 fully saturated rings. The van der Waals surface area contributed by atoms with Crippen LogP contribution in [0.4, 0.5) is 0 Å². The van der Waals surface area contributed by atoms with Crippen molar-refractivity contribution in [2.24, 2.45) is 5.92 Å². The van der Waals surface area contributed by atoms with Gasteiger partial charge in [0.05, 0.1) is 4.47 Å². The van der Waals surface area contributed by atoms with Gasteiger partial charge in [0.15, 0.2) is 5.82 Å². The van der Waals surface area contributed by atoms with Gasteiger partial charge < -0.3 is 5.11 Å². The van der Waals surface area contributed by atoms with E-state index in [1.807, 2.05) is 20.8 Å². The lowest BCUT2D eigenvalue weighted by atomic mass is 9.89. The minimum atomic E-state index is -0.894. The van der Waals surface area contributed by atoms with Gasteiger partial charge in [0.25, 0.3) is 0 Å². The first-order chi connectivity index (χ1) is 7.98. The molecular formula is C13H23BrN2O. The van der Waals surface area contributed by atoms with Crippen LogP contribution in [0.5, 0.6) is 0 Å². The van der Waals surface area contributed by atoms with E-state index in [9.17, 15) is 5.11 Å². The Balaban J connectivity index is 0.00000121.